The Labute approximate surface area is 189 Å². The normalized spacial score (nSPS) is 18.6. The van der Waals surface area contributed by atoms with E-state index in [1.54, 1.807) is 12.1 Å². The van der Waals surface area contributed by atoms with Gasteiger partial charge in [-0.15, -0.1) is 0 Å². The first-order valence-corrected chi connectivity index (χ1v) is 11.2. The zero-order valence-corrected chi connectivity index (χ0v) is 19.5. The van der Waals surface area contributed by atoms with Crippen LogP contribution in [0.3, 0.4) is 0 Å². The molecule has 1 aliphatic heterocycles. The van der Waals surface area contributed by atoms with Crippen molar-refractivity contribution in [3.05, 3.63) is 35.8 Å². The summed E-state index contributed by atoms with van der Waals surface area (Å²) in [5.41, 5.74) is 0.777. The van der Waals surface area contributed by atoms with Crippen LogP contribution in [0.4, 0.5) is 21.3 Å². The van der Waals surface area contributed by atoms with Crippen LogP contribution in [0.5, 0.6) is 0 Å². The van der Waals surface area contributed by atoms with E-state index in [0.29, 0.717) is 10.6 Å². The molecule has 0 atom stereocenters. The van der Waals surface area contributed by atoms with E-state index in [9.17, 15) is 9.18 Å². The number of hydrogen-bond donors (Lipinski definition) is 3. The number of aromatic nitrogens is 3. The third-order valence-corrected chi connectivity index (χ3v) is 7.18. The van der Waals surface area contributed by atoms with E-state index in [-0.39, 0.29) is 34.4 Å². The Bertz CT molecular complexity index is 1160. The monoisotopic (exact) mass is 458 g/mol. The molecule has 0 amide bonds. The van der Waals surface area contributed by atoms with Crippen molar-refractivity contribution < 1.29 is 14.3 Å². The smallest absolute Gasteiger partial charge is 0.335 e. The average Bonchev–Trinajstić information content (AvgIpc) is 3.09. The van der Waals surface area contributed by atoms with Gasteiger partial charge in [0.15, 0.2) is 16.8 Å². The number of likely N-dealkylation sites (tertiary alicyclic amines) is 1. The van der Waals surface area contributed by atoms with Gasteiger partial charge in [0.1, 0.15) is 0 Å². The summed E-state index contributed by atoms with van der Waals surface area (Å²) in [6.45, 7) is 8.76. The van der Waals surface area contributed by atoms with Gasteiger partial charge in [-0.05, 0) is 65.8 Å². The third-order valence-electron chi connectivity index (χ3n) is 6.25. The molecule has 0 aliphatic carbocycles. The summed E-state index contributed by atoms with van der Waals surface area (Å²) < 4.78 is 15.2. The molecule has 8 nitrogen and oxygen atoms in total. The van der Waals surface area contributed by atoms with Crippen molar-refractivity contribution >= 4 is 44.4 Å². The van der Waals surface area contributed by atoms with Crippen LogP contribution >= 0.6 is 11.3 Å². The van der Waals surface area contributed by atoms with Crippen LogP contribution in [0, 0.1) is 5.82 Å². The average molecular weight is 459 g/mol. The molecule has 0 unspecified atom stereocenters. The van der Waals surface area contributed by atoms with E-state index in [4.69, 9.17) is 5.11 Å². The van der Waals surface area contributed by atoms with Gasteiger partial charge < -0.3 is 10.4 Å². The highest BCUT2D eigenvalue weighted by Crippen LogP contribution is 2.38. The maximum atomic E-state index is 14.5. The Kier molecular flexibility index (Phi) is 5.54. The van der Waals surface area contributed by atoms with E-state index in [1.165, 1.54) is 17.4 Å². The van der Waals surface area contributed by atoms with Gasteiger partial charge in [-0.25, -0.2) is 19.2 Å². The third kappa shape index (κ3) is 4.37. The van der Waals surface area contributed by atoms with Crippen LogP contribution in [0.25, 0.3) is 10.2 Å². The van der Waals surface area contributed by atoms with Crippen LogP contribution < -0.4 is 10.6 Å². The van der Waals surface area contributed by atoms with Crippen molar-refractivity contribution in [1.29, 1.82) is 0 Å². The lowest BCUT2D eigenvalue weighted by atomic mass is 9.77. The number of nitrogens with zero attached hydrogens (tertiary/aromatic N) is 4. The van der Waals surface area contributed by atoms with Gasteiger partial charge in [0.2, 0.25) is 5.95 Å². The largest absolute Gasteiger partial charge is 0.478 e. The van der Waals surface area contributed by atoms with Gasteiger partial charge in [0.25, 0.3) is 0 Å². The maximum absolute atomic E-state index is 14.5. The number of anilines is 3. The molecular formula is C22H27FN6O2S. The summed E-state index contributed by atoms with van der Waals surface area (Å²) in [6.07, 6.45) is 2.84. The Balaban J connectivity index is 1.54. The lowest BCUT2D eigenvalue weighted by Crippen LogP contribution is -2.61. The lowest BCUT2D eigenvalue weighted by molar-refractivity contribution is -0.00778. The van der Waals surface area contributed by atoms with Gasteiger partial charge in [-0.1, -0.05) is 11.3 Å². The highest BCUT2D eigenvalue weighted by molar-refractivity contribution is 7.22. The number of carboxylic acids is 1. The summed E-state index contributed by atoms with van der Waals surface area (Å²) >= 11 is 1.28. The summed E-state index contributed by atoms with van der Waals surface area (Å²) in [5, 5.41) is 15.9. The number of benzene rings is 1. The zero-order chi connectivity index (χ0) is 23.3. The van der Waals surface area contributed by atoms with Crippen molar-refractivity contribution in [1.82, 2.24) is 19.9 Å². The minimum atomic E-state index is -0.993. The predicted molar refractivity (Wildman–Crippen MR) is 124 cm³/mol. The van der Waals surface area contributed by atoms with Crippen molar-refractivity contribution in [3.8, 4) is 0 Å². The first-order chi connectivity index (χ1) is 14.9. The molecule has 1 aliphatic rings. The van der Waals surface area contributed by atoms with Crippen molar-refractivity contribution in [2.45, 2.75) is 57.7 Å². The SMILES string of the molecule is CN1C(C)(C)CC(Nc2nc(Nc3nc4ccc(C(=O)O)cc4s3)ncc2F)CC1(C)C. The first-order valence-electron chi connectivity index (χ1n) is 10.4. The predicted octanol–water partition coefficient (Wildman–Crippen LogP) is 4.73. The quantitative estimate of drug-likeness (QED) is 0.504. The number of hydrogen-bond acceptors (Lipinski definition) is 8. The fraction of sp³-hybridized carbons (Fsp3) is 0.455. The van der Waals surface area contributed by atoms with Gasteiger partial charge >= 0.3 is 5.97 Å². The standard InChI is InChI=1S/C22H27FN6O2S/c1-21(2)9-13(10-22(3,4)29(21)5)25-17-14(23)11-24-19(27-17)28-20-26-15-7-6-12(18(30)31)8-16(15)32-20/h6-8,11,13H,9-10H2,1-5H3,(H,30,31)(H2,24,25,26,27,28). The molecular weight excluding hydrogens is 431 g/mol. The molecule has 2 aromatic heterocycles. The molecule has 3 aromatic rings. The number of halogens is 1. The number of piperidine rings is 1. The summed E-state index contributed by atoms with van der Waals surface area (Å²) in [6, 6.07) is 4.80. The van der Waals surface area contributed by atoms with Crippen LogP contribution in [-0.2, 0) is 0 Å². The molecule has 1 aromatic carbocycles. The van der Waals surface area contributed by atoms with Crippen LogP contribution in [0.15, 0.2) is 24.4 Å². The highest BCUT2D eigenvalue weighted by atomic mass is 32.1. The molecule has 170 valence electrons. The molecule has 3 heterocycles. The molecule has 32 heavy (non-hydrogen) atoms. The summed E-state index contributed by atoms with van der Waals surface area (Å²) in [7, 11) is 2.13. The minimum absolute atomic E-state index is 0.0419. The zero-order valence-electron chi connectivity index (χ0n) is 18.7. The first kappa shape index (κ1) is 22.3. The number of thiazole rings is 1. The molecule has 3 N–H and O–H groups in total. The molecule has 4 rings (SSSR count). The van der Waals surface area contributed by atoms with Crippen LogP contribution in [-0.4, -0.2) is 55.1 Å². The van der Waals surface area contributed by atoms with Gasteiger partial charge in [0, 0.05) is 17.1 Å². The van der Waals surface area contributed by atoms with E-state index in [1.807, 2.05) is 0 Å². The molecule has 0 saturated carbocycles. The number of carbonyl (C=O) groups is 1. The number of fused-ring (bicyclic) bond motifs is 1. The summed E-state index contributed by atoms with van der Waals surface area (Å²) in [4.78, 5) is 26.4. The Morgan fingerprint density at radius 2 is 1.91 bits per heavy atom. The number of nitrogens with one attached hydrogen (secondary N) is 2. The van der Waals surface area contributed by atoms with Crippen molar-refractivity contribution in [3.63, 3.8) is 0 Å². The highest BCUT2D eigenvalue weighted by Gasteiger charge is 2.43. The second-order valence-electron chi connectivity index (χ2n) is 9.46. The van der Waals surface area contributed by atoms with Gasteiger partial charge in [-0.3, -0.25) is 10.2 Å². The second-order valence-corrected chi connectivity index (χ2v) is 10.5. The minimum Gasteiger partial charge on any atom is -0.478 e. The Hall–Kier alpha value is -2.85. The van der Waals surface area contributed by atoms with Crippen LogP contribution in [0.1, 0.15) is 50.9 Å². The van der Waals surface area contributed by atoms with Gasteiger partial charge in [-0.2, -0.15) is 4.98 Å². The fourth-order valence-electron chi connectivity index (χ4n) is 4.40. The number of rotatable bonds is 5. The van der Waals surface area contributed by atoms with E-state index in [0.717, 1.165) is 23.7 Å². The molecule has 1 saturated heterocycles. The van der Waals surface area contributed by atoms with Crippen molar-refractivity contribution in [2.75, 3.05) is 17.7 Å². The Morgan fingerprint density at radius 3 is 2.56 bits per heavy atom. The number of carboxylic acid groups (broad SMARTS) is 1. The van der Waals surface area contributed by atoms with E-state index < -0.39 is 11.8 Å². The van der Waals surface area contributed by atoms with Gasteiger partial charge in [0.05, 0.1) is 22.0 Å². The topological polar surface area (TPSA) is 103 Å². The fourth-order valence-corrected chi connectivity index (χ4v) is 5.30. The lowest BCUT2D eigenvalue weighted by Gasteiger charge is -2.53. The summed E-state index contributed by atoms with van der Waals surface area (Å²) in [5.74, 6) is -1.14. The van der Waals surface area contributed by atoms with E-state index >= 15 is 0 Å². The van der Waals surface area contributed by atoms with E-state index in [2.05, 4.69) is 65.2 Å². The molecule has 0 bridgehead atoms. The molecule has 0 spiro atoms. The molecule has 1 fully saturated rings. The Morgan fingerprint density at radius 1 is 1.22 bits per heavy atom. The molecule has 0 radical (unpaired) electrons. The maximum Gasteiger partial charge on any atom is 0.335 e. The van der Waals surface area contributed by atoms with Crippen LogP contribution in [0.2, 0.25) is 0 Å². The second kappa shape index (κ2) is 7.93. The van der Waals surface area contributed by atoms with Crippen molar-refractivity contribution in [2.24, 2.45) is 0 Å². The molecule has 10 heteroatoms. The number of aromatic carboxylic acids is 1.